The number of ether oxygens (including phenoxy) is 2. The average Bonchev–Trinajstić information content (AvgIpc) is 3.50. The summed E-state index contributed by atoms with van der Waals surface area (Å²) in [5.41, 5.74) is 3.72. The molecule has 34 heavy (non-hydrogen) atoms. The Kier molecular flexibility index (Phi) is 6.62. The molecule has 0 amide bonds. The maximum absolute atomic E-state index is 5.90. The van der Waals surface area contributed by atoms with Crippen molar-refractivity contribution in [3.63, 3.8) is 0 Å². The zero-order valence-electron chi connectivity index (χ0n) is 19.8. The van der Waals surface area contributed by atoms with Gasteiger partial charge in [0.1, 0.15) is 18.1 Å². The van der Waals surface area contributed by atoms with Gasteiger partial charge in [-0.1, -0.05) is 6.07 Å². The van der Waals surface area contributed by atoms with Gasteiger partial charge in [0.2, 0.25) is 5.95 Å². The minimum Gasteiger partial charge on any atom is -0.492 e. The molecular weight excluding hydrogens is 426 g/mol. The molecule has 1 N–H and O–H groups in total. The van der Waals surface area contributed by atoms with Crippen molar-refractivity contribution in [1.82, 2.24) is 19.5 Å². The van der Waals surface area contributed by atoms with E-state index >= 15 is 0 Å². The number of rotatable bonds is 9. The van der Waals surface area contributed by atoms with Gasteiger partial charge in [0, 0.05) is 17.8 Å². The smallest absolute Gasteiger partial charge is 0.247 e. The van der Waals surface area contributed by atoms with E-state index in [0.29, 0.717) is 12.6 Å². The molecule has 1 aliphatic rings. The first-order valence-electron chi connectivity index (χ1n) is 12.0. The molecule has 2 aromatic heterocycles. The number of benzene rings is 2. The molecule has 0 saturated carbocycles. The van der Waals surface area contributed by atoms with Crippen LogP contribution in [0.5, 0.6) is 11.5 Å². The molecule has 2 aromatic carbocycles. The first-order valence-corrected chi connectivity index (χ1v) is 12.0. The van der Waals surface area contributed by atoms with Gasteiger partial charge in [-0.15, -0.1) is 5.10 Å². The maximum Gasteiger partial charge on any atom is 0.247 e. The molecular formula is C27H31N5O2. The van der Waals surface area contributed by atoms with Crippen LogP contribution in [0.1, 0.15) is 26.7 Å². The molecule has 0 spiro atoms. The van der Waals surface area contributed by atoms with Gasteiger partial charge in [0.15, 0.2) is 5.65 Å². The minimum atomic E-state index is 0.147. The lowest BCUT2D eigenvalue weighted by Crippen LogP contribution is -2.25. The minimum absolute atomic E-state index is 0.147. The van der Waals surface area contributed by atoms with Crippen molar-refractivity contribution in [2.45, 2.75) is 32.8 Å². The van der Waals surface area contributed by atoms with Crippen molar-refractivity contribution in [2.24, 2.45) is 0 Å². The van der Waals surface area contributed by atoms with E-state index in [9.17, 15) is 0 Å². The Morgan fingerprint density at radius 1 is 0.912 bits per heavy atom. The Labute approximate surface area is 200 Å². The standard InChI is InChI=1S/C27H31N5O2/c1-20(2)34-24-12-8-21(9-13-24)25-6-5-7-26-29-27(30-32(25)26)28-22-10-14-23(15-11-22)33-19-18-31-16-3-4-17-31/h5-15,20H,3-4,16-19H2,1-2H3,(H,28,30). The van der Waals surface area contributed by atoms with Crippen molar-refractivity contribution in [3.8, 4) is 22.8 Å². The highest BCUT2D eigenvalue weighted by Crippen LogP contribution is 2.25. The summed E-state index contributed by atoms with van der Waals surface area (Å²) in [5.74, 6) is 2.28. The largest absolute Gasteiger partial charge is 0.492 e. The second-order valence-corrected chi connectivity index (χ2v) is 8.85. The number of fused-ring (bicyclic) bond motifs is 1. The molecule has 1 saturated heterocycles. The van der Waals surface area contributed by atoms with Gasteiger partial charge in [0.05, 0.1) is 11.8 Å². The van der Waals surface area contributed by atoms with Crippen LogP contribution in [-0.4, -0.2) is 51.8 Å². The molecule has 176 valence electrons. The number of aromatic nitrogens is 3. The average molecular weight is 458 g/mol. The number of nitrogens with zero attached hydrogens (tertiary/aromatic N) is 4. The van der Waals surface area contributed by atoms with E-state index in [1.165, 1.54) is 25.9 Å². The molecule has 0 unspecified atom stereocenters. The van der Waals surface area contributed by atoms with Crippen LogP contribution in [0.3, 0.4) is 0 Å². The Bertz CT molecular complexity index is 1210. The summed E-state index contributed by atoms with van der Waals surface area (Å²) in [6.45, 7) is 8.13. The molecule has 0 aliphatic carbocycles. The number of anilines is 2. The molecule has 7 heteroatoms. The van der Waals surface area contributed by atoms with Crippen molar-refractivity contribution in [3.05, 3.63) is 66.7 Å². The highest BCUT2D eigenvalue weighted by molar-refractivity contribution is 5.65. The van der Waals surface area contributed by atoms with Crippen LogP contribution in [0.25, 0.3) is 16.9 Å². The second-order valence-electron chi connectivity index (χ2n) is 8.85. The van der Waals surface area contributed by atoms with Gasteiger partial charge in [-0.3, -0.25) is 4.90 Å². The lowest BCUT2D eigenvalue weighted by atomic mass is 10.1. The lowest BCUT2D eigenvalue weighted by molar-refractivity contribution is 0.238. The molecule has 4 aromatic rings. The first-order chi connectivity index (χ1) is 16.6. The third kappa shape index (κ3) is 5.31. The first kappa shape index (κ1) is 22.2. The number of pyridine rings is 1. The summed E-state index contributed by atoms with van der Waals surface area (Å²) >= 11 is 0. The third-order valence-corrected chi connectivity index (χ3v) is 5.87. The maximum atomic E-state index is 5.90. The van der Waals surface area contributed by atoms with E-state index in [1.807, 2.05) is 85.1 Å². The molecule has 0 atom stereocenters. The van der Waals surface area contributed by atoms with Crippen LogP contribution < -0.4 is 14.8 Å². The van der Waals surface area contributed by atoms with Crippen LogP contribution >= 0.6 is 0 Å². The van der Waals surface area contributed by atoms with Crippen LogP contribution in [0.15, 0.2) is 66.7 Å². The number of hydrogen-bond acceptors (Lipinski definition) is 6. The number of hydrogen-bond donors (Lipinski definition) is 1. The van der Waals surface area contributed by atoms with Gasteiger partial charge >= 0.3 is 0 Å². The molecule has 0 radical (unpaired) electrons. The fourth-order valence-electron chi connectivity index (χ4n) is 4.22. The Balaban J connectivity index is 1.25. The predicted octanol–water partition coefficient (Wildman–Crippen LogP) is 5.40. The summed E-state index contributed by atoms with van der Waals surface area (Å²) in [5, 5.41) is 8.00. The quantitative estimate of drug-likeness (QED) is 0.363. The summed E-state index contributed by atoms with van der Waals surface area (Å²) < 4.78 is 13.5. The number of nitrogens with one attached hydrogen (secondary N) is 1. The molecule has 1 aliphatic heterocycles. The van der Waals surface area contributed by atoms with Gasteiger partial charge in [-0.2, -0.15) is 4.98 Å². The van der Waals surface area contributed by atoms with Crippen LogP contribution in [0.4, 0.5) is 11.6 Å². The predicted molar refractivity (Wildman–Crippen MR) is 135 cm³/mol. The van der Waals surface area contributed by atoms with Gasteiger partial charge in [-0.25, -0.2) is 4.52 Å². The second kappa shape index (κ2) is 10.1. The molecule has 7 nitrogen and oxygen atoms in total. The highest BCUT2D eigenvalue weighted by Gasteiger charge is 2.12. The summed E-state index contributed by atoms with van der Waals surface area (Å²) in [6.07, 6.45) is 2.76. The molecule has 1 fully saturated rings. The van der Waals surface area contributed by atoms with Crippen molar-refractivity contribution in [1.29, 1.82) is 0 Å². The van der Waals surface area contributed by atoms with E-state index in [1.54, 1.807) is 0 Å². The van der Waals surface area contributed by atoms with Crippen molar-refractivity contribution < 1.29 is 9.47 Å². The van der Waals surface area contributed by atoms with Crippen LogP contribution in [0, 0.1) is 0 Å². The summed E-state index contributed by atoms with van der Waals surface area (Å²) in [4.78, 5) is 7.10. The SMILES string of the molecule is CC(C)Oc1ccc(-c2cccc3nc(Nc4ccc(OCCN5CCCC5)cc4)nn23)cc1. The lowest BCUT2D eigenvalue weighted by Gasteiger charge is -2.15. The highest BCUT2D eigenvalue weighted by atomic mass is 16.5. The monoisotopic (exact) mass is 457 g/mol. The van der Waals surface area contributed by atoms with Crippen molar-refractivity contribution in [2.75, 3.05) is 31.6 Å². The Morgan fingerprint density at radius 3 is 2.38 bits per heavy atom. The van der Waals surface area contributed by atoms with E-state index < -0.39 is 0 Å². The molecule has 3 heterocycles. The third-order valence-electron chi connectivity index (χ3n) is 5.87. The van der Waals surface area contributed by atoms with Gasteiger partial charge < -0.3 is 14.8 Å². The zero-order chi connectivity index (χ0) is 23.3. The van der Waals surface area contributed by atoms with E-state index in [0.717, 1.165) is 40.6 Å². The topological polar surface area (TPSA) is 63.9 Å². The summed E-state index contributed by atoms with van der Waals surface area (Å²) in [6, 6.07) is 22.0. The van der Waals surface area contributed by atoms with Gasteiger partial charge in [0.25, 0.3) is 0 Å². The van der Waals surface area contributed by atoms with Crippen LogP contribution in [0.2, 0.25) is 0 Å². The Morgan fingerprint density at radius 2 is 1.65 bits per heavy atom. The Hall–Kier alpha value is -3.58. The van der Waals surface area contributed by atoms with E-state index in [2.05, 4.69) is 15.2 Å². The molecule has 0 bridgehead atoms. The van der Waals surface area contributed by atoms with E-state index in [4.69, 9.17) is 14.6 Å². The van der Waals surface area contributed by atoms with E-state index in [-0.39, 0.29) is 6.10 Å². The fraction of sp³-hybridized carbons (Fsp3) is 0.333. The van der Waals surface area contributed by atoms with Crippen molar-refractivity contribution >= 4 is 17.3 Å². The summed E-state index contributed by atoms with van der Waals surface area (Å²) in [7, 11) is 0. The normalized spacial score (nSPS) is 14.1. The fourth-order valence-corrected chi connectivity index (χ4v) is 4.22. The van der Waals surface area contributed by atoms with Gasteiger partial charge in [-0.05, 0) is 100 Å². The molecule has 5 rings (SSSR count). The zero-order valence-corrected chi connectivity index (χ0v) is 19.8. The van der Waals surface area contributed by atoms with Crippen LogP contribution in [-0.2, 0) is 0 Å². The number of likely N-dealkylation sites (tertiary alicyclic amines) is 1.